The smallest absolute Gasteiger partial charge is 0.134 e. The lowest BCUT2D eigenvalue weighted by Gasteiger charge is -2.06. The molecule has 0 radical (unpaired) electrons. The van der Waals surface area contributed by atoms with Gasteiger partial charge in [0.25, 0.3) is 0 Å². The molecule has 0 spiro atoms. The SMILES string of the molecule is N#CCC(O)c1cccnc1Cl. The first-order chi connectivity index (χ1) is 5.75. The predicted molar refractivity (Wildman–Crippen MR) is 44.4 cm³/mol. The molecule has 1 unspecified atom stereocenters. The number of hydrogen-bond acceptors (Lipinski definition) is 3. The summed E-state index contributed by atoms with van der Waals surface area (Å²) in [6.07, 6.45) is 0.729. The van der Waals surface area contributed by atoms with Gasteiger partial charge >= 0.3 is 0 Å². The van der Waals surface area contributed by atoms with Crippen molar-refractivity contribution in [3.63, 3.8) is 0 Å². The lowest BCUT2D eigenvalue weighted by molar-refractivity contribution is 0.183. The van der Waals surface area contributed by atoms with Crippen molar-refractivity contribution in [3.05, 3.63) is 29.0 Å². The van der Waals surface area contributed by atoms with Gasteiger partial charge in [0.1, 0.15) is 5.15 Å². The van der Waals surface area contributed by atoms with Crippen molar-refractivity contribution >= 4 is 11.6 Å². The molecule has 4 heteroatoms. The van der Waals surface area contributed by atoms with Crippen LogP contribution in [0.3, 0.4) is 0 Å². The summed E-state index contributed by atoms with van der Waals surface area (Å²) in [7, 11) is 0. The van der Waals surface area contributed by atoms with E-state index in [2.05, 4.69) is 4.98 Å². The highest BCUT2D eigenvalue weighted by Gasteiger charge is 2.10. The number of nitrogens with zero attached hydrogens (tertiary/aromatic N) is 2. The van der Waals surface area contributed by atoms with E-state index in [-0.39, 0.29) is 11.6 Å². The molecule has 1 atom stereocenters. The number of pyridine rings is 1. The maximum Gasteiger partial charge on any atom is 0.134 e. The van der Waals surface area contributed by atoms with Gasteiger partial charge in [-0.3, -0.25) is 0 Å². The average Bonchev–Trinajstić information content (AvgIpc) is 2.05. The zero-order valence-electron chi connectivity index (χ0n) is 6.24. The number of hydrogen-bond donors (Lipinski definition) is 1. The van der Waals surface area contributed by atoms with E-state index in [9.17, 15) is 5.11 Å². The van der Waals surface area contributed by atoms with Gasteiger partial charge in [-0.25, -0.2) is 4.98 Å². The van der Waals surface area contributed by atoms with Crippen molar-refractivity contribution in [2.45, 2.75) is 12.5 Å². The maximum atomic E-state index is 9.35. The number of aliphatic hydroxyl groups excluding tert-OH is 1. The van der Waals surface area contributed by atoms with Gasteiger partial charge in [0, 0.05) is 11.8 Å². The zero-order valence-corrected chi connectivity index (χ0v) is 6.99. The molecule has 1 aromatic rings. The summed E-state index contributed by atoms with van der Waals surface area (Å²) in [5.74, 6) is 0. The van der Waals surface area contributed by atoms with E-state index in [1.54, 1.807) is 12.1 Å². The van der Waals surface area contributed by atoms with Gasteiger partial charge in [-0.15, -0.1) is 0 Å². The molecule has 3 nitrogen and oxygen atoms in total. The van der Waals surface area contributed by atoms with Gasteiger partial charge in [-0.05, 0) is 6.07 Å². The summed E-state index contributed by atoms with van der Waals surface area (Å²) >= 11 is 5.67. The number of halogens is 1. The highest BCUT2D eigenvalue weighted by atomic mass is 35.5. The molecule has 1 N–H and O–H groups in total. The van der Waals surface area contributed by atoms with E-state index in [1.807, 2.05) is 6.07 Å². The van der Waals surface area contributed by atoms with Gasteiger partial charge in [0.15, 0.2) is 0 Å². The lowest BCUT2D eigenvalue weighted by atomic mass is 10.1. The third-order valence-corrected chi connectivity index (χ3v) is 1.75. The van der Waals surface area contributed by atoms with Crippen LogP contribution in [-0.4, -0.2) is 10.1 Å². The first-order valence-corrected chi connectivity index (χ1v) is 3.79. The first kappa shape index (κ1) is 8.98. The van der Waals surface area contributed by atoms with E-state index in [0.717, 1.165) is 0 Å². The lowest BCUT2D eigenvalue weighted by Crippen LogP contribution is -1.97. The molecule has 62 valence electrons. The highest BCUT2D eigenvalue weighted by molar-refractivity contribution is 6.30. The summed E-state index contributed by atoms with van der Waals surface area (Å²) in [6.45, 7) is 0. The Balaban J connectivity index is 2.88. The molecule has 0 saturated carbocycles. The van der Waals surface area contributed by atoms with Crippen molar-refractivity contribution in [3.8, 4) is 6.07 Å². The fraction of sp³-hybridized carbons (Fsp3) is 0.250. The van der Waals surface area contributed by atoms with E-state index < -0.39 is 6.10 Å². The van der Waals surface area contributed by atoms with Crippen LogP contribution in [-0.2, 0) is 0 Å². The second-order valence-electron chi connectivity index (χ2n) is 2.26. The van der Waals surface area contributed by atoms with Gasteiger partial charge in [0.2, 0.25) is 0 Å². The molecule has 0 saturated heterocycles. The normalized spacial score (nSPS) is 12.1. The summed E-state index contributed by atoms with van der Waals surface area (Å²) in [4.78, 5) is 3.78. The Labute approximate surface area is 75.2 Å². The molecule has 12 heavy (non-hydrogen) atoms. The molecule has 0 aliphatic rings. The van der Waals surface area contributed by atoms with Crippen LogP contribution < -0.4 is 0 Å². The topological polar surface area (TPSA) is 56.9 Å². The van der Waals surface area contributed by atoms with Gasteiger partial charge in [-0.2, -0.15) is 5.26 Å². The van der Waals surface area contributed by atoms with Crippen molar-refractivity contribution < 1.29 is 5.11 Å². The Morgan fingerprint density at radius 3 is 3.08 bits per heavy atom. The molecule has 1 aromatic heterocycles. The van der Waals surface area contributed by atoms with Crippen LogP contribution in [0.2, 0.25) is 5.15 Å². The molecule has 0 bridgehead atoms. The molecule has 0 aliphatic carbocycles. The van der Waals surface area contributed by atoms with Crippen LogP contribution in [0.15, 0.2) is 18.3 Å². The molecule has 0 fully saturated rings. The summed E-state index contributed by atoms with van der Waals surface area (Å²) < 4.78 is 0. The fourth-order valence-corrected chi connectivity index (χ4v) is 1.09. The third kappa shape index (κ3) is 1.94. The van der Waals surface area contributed by atoms with E-state index in [4.69, 9.17) is 16.9 Å². The van der Waals surface area contributed by atoms with E-state index in [1.165, 1.54) is 6.20 Å². The highest BCUT2D eigenvalue weighted by Crippen LogP contribution is 2.21. The van der Waals surface area contributed by atoms with Crippen molar-refractivity contribution in [2.24, 2.45) is 0 Å². The van der Waals surface area contributed by atoms with Crippen molar-refractivity contribution in [1.29, 1.82) is 5.26 Å². The number of aromatic nitrogens is 1. The molecule has 0 amide bonds. The maximum absolute atomic E-state index is 9.35. The van der Waals surface area contributed by atoms with Crippen LogP contribution >= 0.6 is 11.6 Å². The molecule has 1 rings (SSSR count). The largest absolute Gasteiger partial charge is 0.387 e. The predicted octanol–water partition coefficient (Wildman–Crippen LogP) is 1.68. The third-order valence-electron chi connectivity index (χ3n) is 1.43. The summed E-state index contributed by atoms with van der Waals surface area (Å²) in [5, 5.41) is 17.9. The van der Waals surface area contributed by atoms with Crippen LogP contribution in [0.5, 0.6) is 0 Å². The molecule has 1 heterocycles. The fourth-order valence-electron chi connectivity index (χ4n) is 0.843. The van der Waals surface area contributed by atoms with Gasteiger partial charge in [0.05, 0.1) is 18.6 Å². The Hall–Kier alpha value is -1.11. The Morgan fingerprint density at radius 2 is 2.50 bits per heavy atom. The summed E-state index contributed by atoms with van der Waals surface area (Å²) in [6, 6.07) is 5.18. The first-order valence-electron chi connectivity index (χ1n) is 3.41. The van der Waals surface area contributed by atoms with Crippen LogP contribution in [0.4, 0.5) is 0 Å². The van der Waals surface area contributed by atoms with E-state index >= 15 is 0 Å². The molecule has 0 aliphatic heterocycles. The minimum atomic E-state index is -0.837. The van der Waals surface area contributed by atoms with Crippen molar-refractivity contribution in [1.82, 2.24) is 4.98 Å². The number of rotatable bonds is 2. The Kier molecular flexibility index (Phi) is 3.03. The number of nitriles is 1. The summed E-state index contributed by atoms with van der Waals surface area (Å²) in [5.41, 5.74) is 0.501. The minimum Gasteiger partial charge on any atom is -0.387 e. The number of aliphatic hydroxyl groups is 1. The standard InChI is InChI=1S/C8H7ClN2O/c9-8-6(2-1-5-11-8)7(12)3-4-10/h1-2,5,7,12H,3H2. The molecular weight excluding hydrogens is 176 g/mol. The quantitative estimate of drug-likeness (QED) is 0.708. The zero-order chi connectivity index (χ0) is 8.97. The molecular formula is C8H7ClN2O. The van der Waals surface area contributed by atoms with E-state index in [0.29, 0.717) is 5.56 Å². The van der Waals surface area contributed by atoms with Crippen molar-refractivity contribution in [2.75, 3.05) is 0 Å². The average molecular weight is 183 g/mol. The minimum absolute atomic E-state index is 0.0331. The van der Waals surface area contributed by atoms with Crippen LogP contribution in [0.25, 0.3) is 0 Å². The Bertz CT molecular complexity index is 308. The van der Waals surface area contributed by atoms with Crippen LogP contribution in [0, 0.1) is 11.3 Å². The Morgan fingerprint density at radius 1 is 1.75 bits per heavy atom. The molecule has 0 aromatic carbocycles. The van der Waals surface area contributed by atoms with Gasteiger partial charge in [-0.1, -0.05) is 17.7 Å². The van der Waals surface area contributed by atoms with Crippen LogP contribution in [0.1, 0.15) is 18.1 Å². The second-order valence-corrected chi connectivity index (χ2v) is 2.62. The second kappa shape index (κ2) is 4.05. The monoisotopic (exact) mass is 182 g/mol. The van der Waals surface area contributed by atoms with Gasteiger partial charge < -0.3 is 5.11 Å².